The zero-order valence-electron chi connectivity index (χ0n) is 10.3. The fraction of sp³-hybridized carbons (Fsp3) is 0.571. The van der Waals surface area contributed by atoms with Crippen LogP contribution >= 0.6 is 38.5 Å². The zero-order valence-corrected chi connectivity index (χ0v) is 14.1. The molecule has 0 spiro atoms. The van der Waals surface area contributed by atoms with E-state index >= 15 is 0 Å². The van der Waals surface area contributed by atoms with E-state index in [1.807, 2.05) is 0 Å². The molecule has 1 saturated carbocycles. The summed E-state index contributed by atoms with van der Waals surface area (Å²) in [6, 6.07) is 7.08. The summed E-state index contributed by atoms with van der Waals surface area (Å²) in [5, 5.41) is 3.70. The molecule has 3 heteroatoms. The van der Waals surface area contributed by atoms with Crippen LogP contribution in [0.5, 0.6) is 0 Å². The van der Waals surface area contributed by atoms with Crippen molar-refractivity contribution in [2.24, 2.45) is 11.8 Å². The Hall–Kier alpha value is 0.230. The number of benzene rings is 1. The average Bonchev–Trinajstić information content (AvgIpc) is 2.29. The van der Waals surface area contributed by atoms with Gasteiger partial charge in [-0.15, -0.1) is 0 Å². The molecule has 0 bridgehead atoms. The SMILES string of the molecule is CC1CCC(Nc2cc(Br)ccc2I)CC1C. The molecule has 0 saturated heterocycles. The van der Waals surface area contributed by atoms with Crippen LogP contribution < -0.4 is 5.32 Å². The minimum absolute atomic E-state index is 0.643. The van der Waals surface area contributed by atoms with Crippen molar-refractivity contribution < 1.29 is 0 Å². The van der Waals surface area contributed by atoms with E-state index in [0.29, 0.717) is 6.04 Å². The second-order valence-electron chi connectivity index (χ2n) is 5.23. The van der Waals surface area contributed by atoms with Crippen LogP contribution in [0.15, 0.2) is 22.7 Å². The first-order valence-corrected chi connectivity index (χ1v) is 8.15. The summed E-state index contributed by atoms with van der Waals surface area (Å²) in [6.45, 7) is 4.76. The first-order chi connectivity index (χ1) is 8.06. The second-order valence-corrected chi connectivity index (χ2v) is 7.31. The summed E-state index contributed by atoms with van der Waals surface area (Å²) in [4.78, 5) is 0. The van der Waals surface area contributed by atoms with Gasteiger partial charge in [-0.05, 0) is 71.9 Å². The van der Waals surface area contributed by atoms with Crippen molar-refractivity contribution in [2.45, 2.75) is 39.2 Å². The maximum absolute atomic E-state index is 3.70. The van der Waals surface area contributed by atoms with Gasteiger partial charge in [0.1, 0.15) is 0 Å². The minimum Gasteiger partial charge on any atom is -0.381 e. The van der Waals surface area contributed by atoms with Gasteiger partial charge >= 0.3 is 0 Å². The van der Waals surface area contributed by atoms with Gasteiger partial charge in [-0.25, -0.2) is 0 Å². The van der Waals surface area contributed by atoms with Gasteiger partial charge in [-0.2, -0.15) is 0 Å². The first kappa shape index (κ1) is 13.7. The van der Waals surface area contributed by atoms with E-state index in [1.165, 1.54) is 28.5 Å². The number of hydrogen-bond donors (Lipinski definition) is 1. The lowest BCUT2D eigenvalue weighted by Crippen LogP contribution is -2.30. The lowest BCUT2D eigenvalue weighted by Gasteiger charge is -2.33. The van der Waals surface area contributed by atoms with Crippen molar-refractivity contribution in [1.82, 2.24) is 0 Å². The van der Waals surface area contributed by atoms with Crippen LogP contribution in [0.1, 0.15) is 33.1 Å². The van der Waals surface area contributed by atoms with Crippen LogP contribution in [-0.4, -0.2) is 6.04 Å². The Morgan fingerprint density at radius 3 is 2.71 bits per heavy atom. The lowest BCUT2D eigenvalue weighted by atomic mass is 9.79. The largest absolute Gasteiger partial charge is 0.381 e. The molecule has 17 heavy (non-hydrogen) atoms. The summed E-state index contributed by atoms with van der Waals surface area (Å²) in [5.41, 5.74) is 1.27. The van der Waals surface area contributed by atoms with Gasteiger partial charge in [0.15, 0.2) is 0 Å². The van der Waals surface area contributed by atoms with Gasteiger partial charge in [0.05, 0.1) is 0 Å². The molecule has 1 nitrogen and oxygen atoms in total. The molecule has 1 aliphatic carbocycles. The molecule has 94 valence electrons. The third-order valence-corrected chi connectivity index (χ3v) is 5.32. The third-order valence-electron chi connectivity index (χ3n) is 3.89. The Morgan fingerprint density at radius 1 is 1.24 bits per heavy atom. The number of rotatable bonds is 2. The lowest BCUT2D eigenvalue weighted by molar-refractivity contribution is 0.261. The van der Waals surface area contributed by atoms with Crippen molar-refractivity contribution in [3.05, 3.63) is 26.2 Å². The molecular formula is C14H19BrIN. The fourth-order valence-electron chi connectivity index (χ4n) is 2.51. The zero-order chi connectivity index (χ0) is 12.4. The Kier molecular flexibility index (Phi) is 4.75. The van der Waals surface area contributed by atoms with Crippen molar-refractivity contribution in [1.29, 1.82) is 0 Å². The second kappa shape index (κ2) is 5.91. The smallest absolute Gasteiger partial charge is 0.0489 e. The quantitative estimate of drug-likeness (QED) is 0.656. The minimum atomic E-state index is 0.643. The predicted molar refractivity (Wildman–Crippen MR) is 86.4 cm³/mol. The van der Waals surface area contributed by atoms with Crippen molar-refractivity contribution in [3.63, 3.8) is 0 Å². The highest BCUT2D eigenvalue weighted by atomic mass is 127. The topological polar surface area (TPSA) is 12.0 Å². The molecule has 0 radical (unpaired) electrons. The van der Waals surface area contributed by atoms with Gasteiger partial charge in [0.25, 0.3) is 0 Å². The molecule has 1 aromatic carbocycles. The summed E-state index contributed by atoms with van der Waals surface area (Å²) >= 11 is 5.94. The highest BCUT2D eigenvalue weighted by Gasteiger charge is 2.24. The van der Waals surface area contributed by atoms with Crippen molar-refractivity contribution in [2.75, 3.05) is 5.32 Å². The predicted octanol–water partition coefficient (Wildman–Crippen LogP) is 5.29. The molecule has 0 aliphatic heterocycles. The third kappa shape index (κ3) is 3.60. The highest BCUT2D eigenvalue weighted by molar-refractivity contribution is 14.1. The molecule has 3 unspecified atom stereocenters. The van der Waals surface area contributed by atoms with Crippen molar-refractivity contribution >= 4 is 44.2 Å². The van der Waals surface area contributed by atoms with E-state index in [9.17, 15) is 0 Å². The summed E-state index contributed by atoms with van der Waals surface area (Å²) in [6.07, 6.45) is 3.95. The molecule has 2 rings (SSSR count). The van der Waals surface area contributed by atoms with Crippen LogP contribution in [0.25, 0.3) is 0 Å². The fourth-order valence-corrected chi connectivity index (χ4v) is 3.36. The molecular weight excluding hydrogens is 389 g/mol. The van der Waals surface area contributed by atoms with E-state index in [2.05, 4.69) is 75.9 Å². The number of anilines is 1. The molecule has 1 fully saturated rings. The van der Waals surface area contributed by atoms with Gasteiger partial charge in [0.2, 0.25) is 0 Å². The van der Waals surface area contributed by atoms with E-state index in [0.717, 1.165) is 16.3 Å². The number of nitrogens with one attached hydrogen (secondary N) is 1. The van der Waals surface area contributed by atoms with Crippen LogP contribution in [0.4, 0.5) is 5.69 Å². The number of halogens is 2. The highest BCUT2D eigenvalue weighted by Crippen LogP contribution is 2.32. The van der Waals surface area contributed by atoms with Crippen molar-refractivity contribution in [3.8, 4) is 0 Å². The van der Waals surface area contributed by atoms with Crippen LogP contribution in [0.2, 0.25) is 0 Å². The summed E-state index contributed by atoms with van der Waals surface area (Å²) in [5.74, 6) is 1.72. The monoisotopic (exact) mass is 407 g/mol. The van der Waals surface area contributed by atoms with Gasteiger partial charge in [-0.3, -0.25) is 0 Å². The molecule has 0 heterocycles. The maximum atomic E-state index is 3.70. The molecule has 0 amide bonds. The van der Waals surface area contributed by atoms with Gasteiger partial charge in [-0.1, -0.05) is 29.8 Å². The van der Waals surface area contributed by atoms with Gasteiger partial charge < -0.3 is 5.32 Å². The van der Waals surface area contributed by atoms with E-state index in [-0.39, 0.29) is 0 Å². The molecule has 1 aliphatic rings. The number of hydrogen-bond acceptors (Lipinski definition) is 1. The van der Waals surface area contributed by atoms with E-state index < -0.39 is 0 Å². The maximum Gasteiger partial charge on any atom is 0.0489 e. The standard InChI is InChI=1S/C14H19BrIN/c1-9-3-5-12(7-10(9)2)17-14-8-11(15)4-6-13(14)16/h4,6,8-10,12,17H,3,5,7H2,1-2H3. The van der Waals surface area contributed by atoms with Crippen LogP contribution in [0.3, 0.4) is 0 Å². The normalized spacial score (nSPS) is 29.1. The molecule has 3 atom stereocenters. The van der Waals surface area contributed by atoms with Crippen LogP contribution in [0, 0.1) is 15.4 Å². The van der Waals surface area contributed by atoms with Gasteiger partial charge in [0, 0.05) is 19.8 Å². The Labute approximate surface area is 126 Å². The molecule has 1 N–H and O–H groups in total. The summed E-state index contributed by atoms with van der Waals surface area (Å²) < 4.78 is 2.45. The van der Waals surface area contributed by atoms with E-state index in [1.54, 1.807) is 0 Å². The molecule has 0 aromatic heterocycles. The summed E-state index contributed by atoms with van der Waals surface area (Å²) in [7, 11) is 0. The molecule has 1 aromatic rings. The first-order valence-electron chi connectivity index (χ1n) is 6.28. The Bertz CT molecular complexity index is 394. The average molecular weight is 408 g/mol. The van der Waals surface area contributed by atoms with Crippen LogP contribution in [-0.2, 0) is 0 Å². The van der Waals surface area contributed by atoms with E-state index in [4.69, 9.17) is 0 Å². The Balaban J connectivity index is 2.03. The Morgan fingerprint density at radius 2 is 2.00 bits per heavy atom.